The molecule has 0 unspecified atom stereocenters. The third-order valence-corrected chi connectivity index (χ3v) is 3.80. The van der Waals surface area contributed by atoms with E-state index in [-0.39, 0.29) is 5.02 Å². The summed E-state index contributed by atoms with van der Waals surface area (Å²) in [4.78, 5) is 0. The number of hydrogen-bond acceptors (Lipinski definition) is 3. The molecule has 0 fully saturated rings. The first-order chi connectivity index (χ1) is 9.54. The highest BCUT2D eigenvalue weighted by molar-refractivity contribution is 9.10. The van der Waals surface area contributed by atoms with Gasteiger partial charge in [-0.1, -0.05) is 11.6 Å². The molecule has 3 aromatic rings. The maximum absolute atomic E-state index is 13.2. The Kier molecular flexibility index (Phi) is 3.27. The van der Waals surface area contributed by atoms with Crippen LogP contribution in [0.1, 0.15) is 0 Å². The van der Waals surface area contributed by atoms with Gasteiger partial charge in [0, 0.05) is 9.86 Å². The Morgan fingerprint density at radius 3 is 2.85 bits per heavy atom. The quantitative estimate of drug-likeness (QED) is 0.595. The van der Waals surface area contributed by atoms with E-state index in [9.17, 15) is 4.39 Å². The lowest BCUT2D eigenvalue weighted by Crippen LogP contribution is -1.98. The summed E-state index contributed by atoms with van der Waals surface area (Å²) in [6.07, 6.45) is 1.69. The minimum atomic E-state index is -0.413. The van der Waals surface area contributed by atoms with E-state index in [0.29, 0.717) is 21.5 Å². The Morgan fingerprint density at radius 1 is 1.30 bits per heavy atom. The lowest BCUT2D eigenvalue weighted by atomic mass is 10.2. The van der Waals surface area contributed by atoms with Crippen LogP contribution in [0.2, 0.25) is 5.02 Å². The van der Waals surface area contributed by atoms with Gasteiger partial charge in [-0.2, -0.15) is 5.10 Å². The lowest BCUT2D eigenvalue weighted by molar-refractivity contribution is 0.627. The largest absolute Gasteiger partial charge is 0.397 e. The van der Waals surface area contributed by atoms with Crippen molar-refractivity contribution in [3.05, 3.63) is 45.8 Å². The molecule has 0 aliphatic heterocycles. The van der Waals surface area contributed by atoms with Crippen molar-refractivity contribution >= 4 is 55.5 Å². The third kappa shape index (κ3) is 2.32. The molecule has 2 aromatic carbocycles. The molecule has 1 heterocycles. The van der Waals surface area contributed by atoms with Crippen LogP contribution in [-0.2, 0) is 0 Å². The zero-order valence-electron chi connectivity index (χ0n) is 10.0. The number of anilines is 3. The van der Waals surface area contributed by atoms with E-state index in [1.807, 2.05) is 6.07 Å². The predicted octanol–water partition coefficient (Wildman–Crippen LogP) is 4.44. The number of benzene rings is 2. The molecule has 1 aromatic heterocycles. The van der Waals surface area contributed by atoms with Crippen LogP contribution in [0.4, 0.5) is 21.5 Å². The Bertz CT molecular complexity index is 779. The second-order valence-electron chi connectivity index (χ2n) is 4.27. The SMILES string of the molecule is Nc1cc2cn[nH]c2cc1Nc1c(Cl)cc(F)cc1Br. The number of fused-ring (bicyclic) bond motifs is 1. The maximum Gasteiger partial charge on any atom is 0.125 e. The maximum atomic E-state index is 13.2. The van der Waals surface area contributed by atoms with E-state index in [1.54, 1.807) is 12.3 Å². The van der Waals surface area contributed by atoms with Gasteiger partial charge in [0.05, 0.1) is 33.8 Å². The van der Waals surface area contributed by atoms with Gasteiger partial charge in [0.25, 0.3) is 0 Å². The molecule has 0 aliphatic rings. The first-order valence-corrected chi connectivity index (χ1v) is 6.86. The highest BCUT2D eigenvalue weighted by atomic mass is 79.9. The van der Waals surface area contributed by atoms with E-state index in [2.05, 4.69) is 31.4 Å². The zero-order chi connectivity index (χ0) is 14.3. The normalized spacial score (nSPS) is 10.9. The van der Waals surface area contributed by atoms with Gasteiger partial charge in [0.15, 0.2) is 0 Å². The first-order valence-electron chi connectivity index (χ1n) is 5.69. The highest BCUT2D eigenvalue weighted by Gasteiger charge is 2.11. The van der Waals surface area contributed by atoms with Crippen LogP contribution in [0, 0.1) is 5.82 Å². The molecule has 0 aliphatic carbocycles. The average molecular weight is 356 g/mol. The van der Waals surface area contributed by atoms with Crippen molar-refractivity contribution < 1.29 is 4.39 Å². The molecule has 3 rings (SSSR count). The highest BCUT2D eigenvalue weighted by Crippen LogP contribution is 2.36. The van der Waals surface area contributed by atoms with Crippen LogP contribution in [0.5, 0.6) is 0 Å². The van der Waals surface area contributed by atoms with Gasteiger partial charge in [0.2, 0.25) is 0 Å². The fourth-order valence-electron chi connectivity index (χ4n) is 1.91. The predicted molar refractivity (Wildman–Crippen MR) is 82.9 cm³/mol. The number of aromatic nitrogens is 2. The first kappa shape index (κ1) is 13.2. The molecule has 4 nitrogen and oxygen atoms in total. The molecule has 20 heavy (non-hydrogen) atoms. The summed E-state index contributed by atoms with van der Waals surface area (Å²) in [7, 11) is 0. The molecule has 4 N–H and O–H groups in total. The Morgan fingerprint density at radius 2 is 2.10 bits per heavy atom. The average Bonchev–Trinajstić information content (AvgIpc) is 2.80. The summed E-state index contributed by atoms with van der Waals surface area (Å²) in [6.45, 7) is 0. The van der Waals surface area contributed by atoms with Crippen LogP contribution in [0.15, 0.2) is 34.9 Å². The second kappa shape index (κ2) is 4.96. The molecule has 7 heteroatoms. The molecule has 0 radical (unpaired) electrons. The Labute approximate surface area is 127 Å². The summed E-state index contributed by atoms with van der Waals surface area (Å²) in [6, 6.07) is 6.19. The van der Waals surface area contributed by atoms with Crippen LogP contribution < -0.4 is 11.1 Å². The van der Waals surface area contributed by atoms with Crippen molar-refractivity contribution in [2.45, 2.75) is 0 Å². The number of nitrogens with two attached hydrogens (primary N) is 1. The summed E-state index contributed by atoms with van der Waals surface area (Å²) < 4.78 is 13.7. The van der Waals surface area contributed by atoms with Crippen molar-refractivity contribution in [2.24, 2.45) is 0 Å². The third-order valence-electron chi connectivity index (χ3n) is 2.88. The summed E-state index contributed by atoms with van der Waals surface area (Å²) >= 11 is 9.31. The summed E-state index contributed by atoms with van der Waals surface area (Å²) in [5.41, 5.74) is 8.60. The number of H-pyrrole nitrogens is 1. The lowest BCUT2D eigenvalue weighted by Gasteiger charge is -2.13. The smallest absolute Gasteiger partial charge is 0.125 e. The Hall–Kier alpha value is -1.79. The molecule has 0 saturated carbocycles. The molecule has 0 amide bonds. The fourth-order valence-corrected chi connectivity index (χ4v) is 2.81. The Balaban J connectivity index is 2.07. The van der Waals surface area contributed by atoms with Gasteiger partial charge in [-0.25, -0.2) is 4.39 Å². The van der Waals surface area contributed by atoms with Crippen LogP contribution >= 0.6 is 27.5 Å². The van der Waals surface area contributed by atoms with Crippen molar-refractivity contribution in [1.82, 2.24) is 10.2 Å². The monoisotopic (exact) mass is 354 g/mol. The molecule has 0 spiro atoms. The summed E-state index contributed by atoms with van der Waals surface area (Å²) in [5, 5.41) is 11.1. The standard InChI is InChI=1S/C13H9BrClFN4/c14-8-2-7(16)3-9(15)13(8)19-12-4-11-6(1-10(12)17)5-18-20-11/h1-5,19H,17H2,(H,18,20). The summed E-state index contributed by atoms with van der Waals surface area (Å²) in [5.74, 6) is -0.413. The number of aromatic amines is 1. The molecule has 0 atom stereocenters. The molecule has 0 saturated heterocycles. The topological polar surface area (TPSA) is 66.7 Å². The van der Waals surface area contributed by atoms with Crippen molar-refractivity contribution in [2.75, 3.05) is 11.1 Å². The zero-order valence-corrected chi connectivity index (χ0v) is 12.4. The van der Waals surface area contributed by atoms with Gasteiger partial charge in [0.1, 0.15) is 5.82 Å². The van der Waals surface area contributed by atoms with E-state index >= 15 is 0 Å². The number of nitrogens with zero attached hydrogens (tertiary/aromatic N) is 1. The van der Waals surface area contributed by atoms with Crippen LogP contribution in [-0.4, -0.2) is 10.2 Å². The fraction of sp³-hybridized carbons (Fsp3) is 0. The minimum Gasteiger partial charge on any atom is -0.397 e. The van der Waals surface area contributed by atoms with Gasteiger partial charge in [-0.05, 0) is 40.2 Å². The molecule has 102 valence electrons. The van der Waals surface area contributed by atoms with E-state index < -0.39 is 5.82 Å². The van der Waals surface area contributed by atoms with E-state index in [4.69, 9.17) is 17.3 Å². The number of rotatable bonds is 2. The van der Waals surface area contributed by atoms with Gasteiger partial charge < -0.3 is 11.1 Å². The van der Waals surface area contributed by atoms with E-state index in [0.717, 1.165) is 10.9 Å². The molecular weight excluding hydrogens is 347 g/mol. The van der Waals surface area contributed by atoms with E-state index in [1.165, 1.54) is 12.1 Å². The number of hydrogen-bond donors (Lipinski definition) is 3. The van der Waals surface area contributed by atoms with Crippen molar-refractivity contribution in [1.29, 1.82) is 0 Å². The van der Waals surface area contributed by atoms with Crippen LogP contribution in [0.25, 0.3) is 10.9 Å². The number of halogens is 3. The number of nitrogens with one attached hydrogen (secondary N) is 2. The molecule has 0 bridgehead atoms. The van der Waals surface area contributed by atoms with Crippen LogP contribution in [0.3, 0.4) is 0 Å². The second-order valence-corrected chi connectivity index (χ2v) is 5.53. The van der Waals surface area contributed by atoms with Gasteiger partial charge >= 0.3 is 0 Å². The number of nitrogen functional groups attached to an aromatic ring is 1. The van der Waals surface area contributed by atoms with Gasteiger partial charge in [-0.3, -0.25) is 5.10 Å². The molecular formula is C13H9BrClFN4. The van der Waals surface area contributed by atoms with Crippen molar-refractivity contribution in [3.63, 3.8) is 0 Å². The van der Waals surface area contributed by atoms with Crippen molar-refractivity contribution in [3.8, 4) is 0 Å². The van der Waals surface area contributed by atoms with Gasteiger partial charge in [-0.15, -0.1) is 0 Å². The minimum absolute atomic E-state index is 0.265.